The van der Waals surface area contributed by atoms with Crippen molar-refractivity contribution >= 4 is 12.6 Å². The third kappa shape index (κ3) is 2.93. The summed E-state index contributed by atoms with van der Waals surface area (Å²) in [6.45, 7) is 0. The largest absolute Gasteiger partial charge is 0.491 e. The van der Waals surface area contributed by atoms with E-state index in [0.717, 1.165) is 22.3 Å². The average Bonchev–Trinajstić information content (AvgIpc) is 2.56. The third-order valence-corrected chi connectivity index (χ3v) is 3.58. The van der Waals surface area contributed by atoms with Gasteiger partial charge in [-0.25, -0.2) is 4.39 Å². The molecule has 0 saturated carbocycles. The highest BCUT2D eigenvalue weighted by Crippen LogP contribution is 2.26. The van der Waals surface area contributed by atoms with Gasteiger partial charge >= 0.3 is 7.12 Å². The molecule has 0 atom stereocenters. The lowest BCUT2D eigenvalue weighted by Crippen LogP contribution is -2.32. The Bertz CT molecular complexity index is 788. The molecule has 3 aromatic rings. The molecule has 0 fully saturated rings. The van der Waals surface area contributed by atoms with Crippen molar-refractivity contribution in [2.75, 3.05) is 0 Å². The SMILES string of the molecule is OB(O)c1cc(-c2cccc(-c3ccccc3)c2)ccc1F. The minimum absolute atomic E-state index is 0.123. The number of benzene rings is 3. The van der Waals surface area contributed by atoms with E-state index in [2.05, 4.69) is 0 Å². The zero-order valence-corrected chi connectivity index (χ0v) is 11.8. The molecule has 0 heterocycles. The molecule has 4 heteroatoms. The van der Waals surface area contributed by atoms with Gasteiger partial charge in [-0.1, -0.05) is 60.7 Å². The van der Waals surface area contributed by atoms with Gasteiger partial charge in [-0.05, 0) is 34.4 Å². The van der Waals surface area contributed by atoms with Crippen LogP contribution in [0, 0.1) is 5.82 Å². The van der Waals surface area contributed by atoms with Crippen molar-refractivity contribution in [2.45, 2.75) is 0 Å². The molecule has 0 aliphatic rings. The number of rotatable bonds is 3. The summed E-state index contributed by atoms with van der Waals surface area (Å²) < 4.78 is 13.6. The molecular formula is C18H14BFO2. The van der Waals surface area contributed by atoms with Crippen LogP contribution in [-0.4, -0.2) is 17.2 Å². The third-order valence-electron chi connectivity index (χ3n) is 3.58. The van der Waals surface area contributed by atoms with Gasteiger partial charge in [-0.15, -0.1) is 0 Å². The van der Waals surface area contributed by atoms with Gasteiger partial charge in [-0.2, -0.15) is 0 Å². The predicted molar refractivity (Wildman–Crippen MR) is 87.1 cm³/mol. The fourth-order valence-corrected chi connectivity index (χ4v) is 2.43. The highest BCUT2D eigenvalue weighted by atomic mass is 19.1. The van der Waals surface area contributed by atoms with Crippen molar-refractivity contribution in [3.8, 4) is 22.3 Å². The molecule has 0 bridgehead atoms. The van der Waals surface area contributed by atoms with E-state index >= 15 is 0 Å². The molecule has 22 heavy (non-hydrogen) atoms. The summed E-state index contributed by atoms with van der Waals surface area (Å²) in [6, 6.07) is 22.1. The van der Waals surface area contributed by atoms with E-state index in [1.54, 1.807) is 6.07 Å². The Labute approximate surface area is 128 Å². The molecule has 0 aliphatic heterocycles. The van der Waals surface area contributed by atoms with Crippen LogP contribution >= 0.6 is 0 Å². The predicted octanol–water partition coefficient (Wildman–Crippen LogP) is 2.84. The first-order valence-electron chi connectivity index (χ1n) is 6.96. The molecule has 0 unspecified atom stereocenters. The summed E-state index contributed by atoms with van der Waals surface area (Å²) in [4.78, 5) is 0. The fraction of sp³-hybridized carbons (Fsp3) is 0. The summed E-state index contributed by atoms with van der Waals surface area (Å²) >= 11 is 0. The van der Waals surface area contributed by atoms with Crippen LogP contribution in [0.3, 0.4) is 0 Å². The molecule has 0 amide bonds. The maximum atomic E-state index is 13.6. The fourth-order valence-electron chi connectivity index (χ4n) is 2.43. The summed E-state index contributed by atoms with van der Waals surface area (Å²) in [5.41, 5.74) is 3.65. The van der Waals surface area contributed by atoms with Crippen molar-refractivity contribution < 1.29 is 14.4 Å². The Balaban J connectivity index is 2.05. The topological polar surface area (TPSA) is 40.5 Å². The molecule has 3 aromatic carbocycles. The molecule has 0 spiro atoms. The highest BCUT2D eigenvalue weighted by Gasteiger charge is 2.17. The minimum Gasteiger partial charge on any atom is -0.423 e. The van der Waals surface area contributed by atoms with Gasteiger partial charge in [0.25, 0.3) is 0 Å². The Morgan fingerprint density at radius 1 is 0.636 bits per heavy atom. The van der Waals surface area contributed by atoms with E-state index in [9.17, 15) is 14.4 Å². The maximum absolute atomic E-state index is 13.6. The summed E-state index contributed by atoms with van der Waals surface area (Å²) in [6.07, 6.45) is 0. The lowest BCUT2D eigenvalue weighted by molar-refractivity contribution is 0.423. The molecule has 0 radical (unpaired) electrons. The summed E-state index contributed by atoms with van der Waals surface area (Å²) in [5.74, 6) is -0.627. The van der Waals surface area contributed by atoms with E-state index in [1.807, 2.05) is 54.6 Å². The molecular weight excluding hydrogens is 278 g/mol. The molecule has 2 N–H and O–H groups in total. The highest BCUT2D eigenvalue weighted by molar-refractivity contribution is 6.58. The van der Waals surface area contributed by atoms with E-state index in [0.29, 0.717) is 0 Å². The van der Waals surface area contributed by atoms with Crippen LogP contribution in [0.15, 0.2) is 72.8 Å². The molecule has 0 aliphatic carbocycles. The van der Waals surface area contributed by atoms with E-state index in [1.165, 1.54) is 12.1 Å². The van der Waals surface area contributed by atoms with Gasteiger partial charge in [0, 0.05) is 5.46 Å². The Morgan fingerprint density at radius 2 is 1.23 bits per heavy atom. The smallest absolute Gasteiger partial charge is 0.423 e. The number of halogens is 1. The van der Waals surface area contributed by atoms with Crippen LogP contribution in [0.2, 0.25) is 0 Å². The first kappa shape index (κ1) is 14.5. The monoisotopic (exact) mass is 292 g/mol. The molecule has 108 valence electrons. The van der Waals surface area contributed by atoms with E-state index < -0.39 is 12.9 Å². The van der Waals surface area contributed by atoms with Crippen molar-refractivity contribution in [3.05, 3.63) is 78.6 Å². The van der Waals surface area contributed by atoms with E-state index in [-0.39, 0.29) is 5.46 Å². The average molecular weight is 292 g/mol. The second-order valence-electron chi connectivity index (χ2n) is 5.06. The van der Waals surface area contributed by atoms with Crippen LogP contribution in [0.4, 0.5) is 4.39 Å². The van der Waals surface area contributed by atoms with Crippen LogP contribution < -0.4 is 5.46 Å². The van der Waals surface area contributed by atoms with Crippen LogP contribution in [0.5, 0.6) is 0 Å². The molecule has 0 aromatic heterocycles. The van der Waals surface area contributed by atoms with Gasteiger partial charge in [0.2, 0.25) is 0 Å². The normalized spacial score (nSPS) is 10.5. The zero-order valence-electron chi connectivity index (χ0n) is 11.8. The zero-order chi connectivity index (χ0) is 15.5. The first-order chi connectivity index (χ1) is 10.6. The molecule has 0 saturated heterocycles. The Hall–Kier alpha value is -2.43. The van der Waals surface area contributed by atoms with E-state index in [4.69, 9.17) is 0 Å². The van der Waals surface area contributed by atoms with Gasteiger partial charge in [0.15, 0.2) is 0 Å². The lowest BCUT2D eigenvalue weighted by Gasteiger charge is -2.08. The second kappa shape index (κ2) is 6.14. The van der Waals surface area contributed by atoms with Crippen molar-refractivity contribution in [3.63, 3.8) is 0 Å². The molecule has 2 nitrogen and oxygen atoms in total. The Morgan fingerprint density at radius 3 is 1.91 bits per heavy atom. The van der Waals surface area contributed by atoms with Gasteiger partial charge in [0.1, 0.15) is 5.82 Å². The minimum atomic E-state index is -1.82. The summed E-state index contributed by atoms with van der Waals surface area (Å²) in [5, 5.41) is 18.4. The second-order valence-corrected chi connectivity index (χ2v) is 5.06. The Kier molecular flexibility index (Phi) is 4.05. The van der Waals surface area contributed by atoms with Crippen LogP contribution in [0.25, 0.3) is 22.3 Å². The van der Waals surface area contributed by atoms with Crippen molar-refractivity contribution in [2.24, 2.45) is 0 Å². The van der Waals surface area contributed by atoms with Gasteiger partial charge in [-0.3, -0.25) is 0 Å². The summed E-state index contributed by atoms with van der Waals surface area (Å²) in [7, 11) is -1.82. The van der Waals surface area contributed by atoms with Crippen molar-refractivity contribution in [1.29, 1.82) is 0 Å². The van der Waals surface area contributed by atoms with Gasteiger partial charge < -0.3 is 10.0 Å². The number of hydrogen-bond acceptors (Lipinski definition) is 2. The first-order valence-corrected chi connectivity index (χ1v) is 6.96. The number of hydrogen-bond donors (Lipinski definition) is 2. The lowest BCUT2D eigenvalue weighted by atomic mass is 9.78. The van der Waals surface area contributed by atoms with Gasteiger partial charge in [0.05, 0.1) is 0 Å². The van der Waals surface area contributed by atoms with Crippen LogP contribution in [-0.2, 0) is 0 Å². The molecule has 3 rings (SSSR count). The maximum Gasteiger partial charge on any atom is 0.491 e. The standard InChI is InChI=1S/C18H14BFO2/c20-18-10-9-16(12-17(18)19(21)22)15-8-4-7-14(11-15)13-5-2-1-3-6-13/h1-12,21-22H. The quantitative estimate of drug-likeness (QED) is 0.729. The van der Waals surface area contributed by atoms with Crippen molar-refractivity contribution in [1.82, 2.24) is 0 Å². The van der Waals surface area contributed by atoms with Crippen LogP contribution in [0.1, 0.15) is 0 Å².